The summed E-state index contributed by atoms with van der Waals surface area (Å²) in [5, 5.41) is 3.25. The van der Waals surface area contributed by atoms with Crippen molar-refractivity contribution in [1.82, 2.24) is 5.32 Å². The van der Waals surface area contributed by atoms with Crippen molar-refractivity contribution in [3.63, 3.8) is 0 Å². The Bertz CT molecular complexity index is 1140. The second-order valence-electron chi connectivity index (χ2n) is 6.37. The van der Waals surface area contributed by atoms with Crippen LogP contribution in [0.2, 0.25) is 10.0 Å². The van der Waals surface area contributed by atoms with E-state index in [9.17, 15) is 13.2 Å². The number of amides is 1. The second kappa shape index (κ2) is 8.86. The SMILES string of the molecule is CC(NC(=O)c1ccc(Cl)c(S(=O)(=O)Nc2cccc(Cl)c2)c1)c1ccccc1. The summed E-state index contributed by atoms with van der Waals surface area (Å²) in [6.45, 7) is 1.85. The Balaban J connectivity index is 1.84. The van der Waals surface area contributed by atoms with Crippen LogP contribution in [0, 0.1) is 0 Å². The van der Waals surface area contributed by atoms with Crippen molar-refractivity contribution >= 4 is 44.8 Å². The molecule has 3 rings (SSSR count). The van der Waals surface area contributed by atoms with Gasteiger partial charge in [-0.15, -0.1) is 0 Å². The lowest BCUT2D eigenvalue weighted by molar-refractivity contribution is 0.0939. The van der Waals surface area contributed by atoms with Crippen molar-refractivity contribution in [2.75, 3.05) is 4.72 Å². The highest BCUT2D eigenvalue weighted by Crippen LogP contribution is 2.26. The van der Waals surface area contributed by atoms with Crippen molar-refractivity contribution in [2.24, 2.45) is 0 Å². The molecule has 1 atom stereocenters. The van der Waals surface area contributed by atoms with Gasteiger partial charge in [0.05, 0.1) is 16.8 Å². The summed E-state index contributed by atoms with van der Waals surface area (Å²) in [6.07, 6.45) is 0. The third-order valence-electron chi connectivity index (χ3n) is 4.21. The van der Waals surface area contributed by atoms with Gasteiger partial charge in [0.1, 0.15) is 4.90 Å². The predicted octanol–water partition coefficient (Wildman–Crippen LogP) is 5.29. The first kappa shape index (κ1) is 21.2. The van der Waals surface area contributed by atoms with E-state index in [1.165, 1.54) is 24.3 Å². The predicted molar refractivity (Wildman–Crippen MR) is 116 cm³/mol. The molecule has 0 aliphatic rings. The van der Waals surface area contributed by atoms with E-state index >= 15 is 0 Å². The Kier molecular flexibility index (Phi) is 6.47. The van der Waals surface area contributed by atoms with E-state index in [1.54, 1.807) is 18.2 Å². The van der Waals surface area contributed by atoms with Gasteiger partial charge in [-0.1, -0.05) is 59.6 Å². The van der Waals surface area contributed by atoms with Crippen LogP contribution in [-0.2, 0) is 10.0 Å². The van der Waals surface area contributed by atoms with Gasteiger partial charge in [0.2, 0.25) is 0 Å². The number of anilines is 1. The molecule has 0 heterocycles. The number of sulfonamides is 1. The first-order valence-electron chi connectivity index (χ1n) is 8.70. The lowest BCUT2D eigenvalue weighted by atomic mass is 10.1. The van der Waals surface area contributed by atoms with Gasteiger partial charge in [0.15, 0.2) is 0 Å². The lowest BCUT2D eigenvalue weighted by Crippen LogP contribution is -2.27. The van der Waals surface area contributed by atoms with Crippen molar-refractivity contribution < 1.29 is 13.2 Å². The Hall–Kier alpha value is -2.54. The van der Waals surface area contributed by atoms with Crippen molar-refractivity contribution in [1.29, 1.82) is 0 Å². The van der Waals surface area contributed by atoms with Gasteiger partial charge < -0.3 is 5.32 Å². The van der Waals surface area contributed by atoms with Crippen LogP contribution in [-0.4, -0.2) is 14.3 Å². The maximum Gasteiger partial charge on any atom is 0.263 e. The zero-order chi connectivity index (χ0) is 21.0. The number of hydrogen-bond acceptors (Lipinski definition) is 3. The standard InChI is InChI=1S/C21H18Cl2N2O3S/c1-14(15-6-3-2-4-7-15)24-21(26)16-10-11-19(23)20(12-16)29(27,28)25-18-9-5-8-17(22)13-18/h2-14,25H,1H3,(H,24,26). The van der Waals surface area contributed by atoms with E-state index in [-0.39, 0.29) is 21.5 Å². The quantitative estimate of drug-likeness (QED) is 0.537. The summed E-state index contributed by atoms with van der Waals surface area (Å²) in [5.74, 6) is -0.405. The average molecular weight is 449 g/mol. The molecule has 0 bridgehead atoms. The van der Waals surface area contributed by atoms with Crippen LogP contribution in [0.15, 0.2) is 77.7 Å². The molecular weight excluding hydrogens is 431 g/mol. The minimum absolute atomic E-state index is 0.00665. The smallest absolute Gasteiger partial charge is 0.263 e. The number of hydrogen-bond donors (Lipinski definition) is 2. The van der Waals surface area contributed by atoms with Crippen LogP contribution < -0.4 is 10.0 Å². The topological polar surface area (TPSA) is 75.3 Å². The molecule has 0 aromatic heterocycles. The van der Waals surface area contributed by atoms with E-state index < -0.39 is 15.9 Å². The minimum atomic E-state index is -4.02. The highest BCUT2D eigenvalue weighted by atomic mass is 35.5. The lowest BCUT2D eigenvalue weighted by Gasteiger charge is -2.15. The molecule has 0 spiro atoms. The largest absolute Gasteiger partial charge is 0.346 e. The monoisotopic (exact) mass is 448 g/mol. The Morgan fingerprint density at radius 2 is 1.66 bits per heavy atom. The molecule has 0 saturated heterocycles. The van der Waals surface area contributed by atoms with Crippen LogP contribution in [0.25, 0.3) is 0 Å². The molecule has 0 aliphatic carbocycles. The van der Waals surface area contributed by atoms with Gasteiger partial charge in [-0.25, -0.2) is 8.42 Å². The third-order valence-corrected chi connectivity index (χ3v) is 6.30. The van der Waals surface area contributed by atoms with Gasteiger partial charge in [-0.05, 0) is 48.9 Å². The summed E-state index contributed by atoms with van der Waals surface area (Å²) < 4.78 is 28.0. The molecule has 3 aromatic rings. The van der Waals surface area contributed by atoms with Crippen LogP contribution in [0.1, 0.15) is 28.9 Å². The van der Waals surface area contributed by atoms with Gasteiger partial charge in [-0.3, -0.25) is 9.52 Å². The van der Waals surface area contributed by atoms with E-state index in [1.807, 2.05) is 37.3 Å². The molecule has 1 amide bonds. The summed E-state index contributed by atoms with van der Waals surface area (Å²) in [6, 6.07) is 19.6. The molecule has 0 aliphatic heterocycles. The van der Waals surface area contributed by atoms with E-state index in [2.05, 4.69) is 10.0 Å². The third kappa shape index (κ3) is 5.29. The number of benzene rings is 3. The number of carbonyl (C=O) groups is 1. The molecule has 8 heteroatoms. The van der Waals surface area contributed by atoms with Crippen LogP contribution in [0.5, 0.6) is 0 Å². The molecule has 0 radical (unpaired) electrons. The molecule has 5 nitrogen and oxygen atoms in total. The van der Waals surface area contributed by atoms with E-state index in [0.29, 0.717) is 10.7 Å². The number of nitrogens with one attached hydrogen (secondary N) is 2. The zero-order valence-electron chi connectivity index (χ0n) is 15.4. The normalized spacial score (nSPS) is 12.2. The maximum atomic E-state index is 12.8. The van der Waals surface area contributed by atoms with Crippen molar-refractivity contribution in [2.45, 2.75) is 17.9 Å². The fraction of sp³-hybridized carbons (Fsp3) is 0.0952. The summed E-state index contributed by atoms with van der Waals surface area (Å²) in [5.41, 5.74) is 1.41. The fourth-order valence-corrected chi connectivity index (χ4v) is 4.48. The molecule has 3 aromatic carbocycles. The fourth-order valence-electron chi connectivity index (χ4n) is 2.72. The van der Waals surface area contributed by atoms with Crippen LogP contribution in [0.3, 0.4) is 0 Å². The molecule has 0 saturated carbocycles. The molecule has 1 unspecified atom stereocenters. The number of carbonyl (C=O) groups excluding carboxylic acids is 1. The van der Waals surface area contributed by atoms with Gasteiger partial charge in [0.25, 0.3) is 15.9 Å². The average Bonchev–Trinajstić information content (AvgIpc) is 2.68. The van der Waals surface area contributed by atoms with Gasteiger partial charge in [0, 0.05) is 10.6 Å². The Labute approximate surface area is 179 Å². The number of rotatable bonds is 6. The van der Waals surface area contributed by atoms with Crippen LogP contribution >= 0.6 is 23.2 Å². The first-order chi connectivity index (χ1) is 13.8. The summed E-state index contributed by atoms with van der Waals surface area (Å²) in [4.78, 5) is 12.4. The second-order valence-corrected chi connectivity index (χ2v) is 8.86. The van der Waals surface area contributed by atoms with Crippen molar-refractivity contribution in [3.8, 4) is 0 Å². The highest BCUT2D eigenvalue weighted by Gasteiger charge is 2.21. The van der Waals surface area contributed by atoms with E-state index in [0.717, 1.165) is 5.56 Å². The van der Waals surface area contributed by atoms with Crippen LogP contribution in [0.4, 0.5) is 5.69 Å². The van der Waals surface area contributed by atoms with E-state index in [4.69, 9.17) is 23.2 Å². The molecule has 150 valence electrons. The first-order valence-corrected chi connectivity index (χ1v) is 10.9. The van der Waals surface area contributed by atoms with Gasteiger partial charge >= 0.3 is 0 Å². The molecule has 29 heavy (non-hydrogen) atoms. The Morgan fingerprint density at radius 3 is 2.34 bits per heavy atom. The zero-order valence-corrected chi connectivity index (χ0v) is 17.7. The summed E-state index contributed by atoms with van der Waals surface area (Å²) >= 11 is 12.0. The molecule has 0 fully saturated rings. The Morgan fingerprint density at radius 1 is 0.931 bits per heavy atom. The molecule has 2 N–H and O–H groups in total. The van der Waals surface area contributed by atoms with Gasteiger partial charge in [-0.2, -0.15) is 0 Å². The maximum absolute atomic E-state index is 12.8. The molecular formula is C21H18Cl2N2O3S. The minimum Gasteiger partial charge on any atom is -0.346 e. The number of halogens is 2. The summed E-state index contributed by atoms with van der Waals surface area (Å²) in [7, 11) is -4.02. The van der Waals surface area contributed by atoms with Crippen molar-refractivity contribution in [3.05, 3.63) is 94.0 Å². The highest BCUT2D eigenvalue weighted by molar-refractivity contribution is 7.92.